The average Bonchev–Trinajstić information content (AvgIpc) is 2.26. The molecule has 0 fully saturated rings. The van der Waals surface area contributed by atoms with Gasteiger partial charge < -0.3 is 10.5 Å². The monoisotopic (exact) mass is 280 g/mol. The minimum absolute atomic E-state index is 0.0205. The Bertz CT molecular complexity index is 286. The number of ether oxygens (including phenoxy) is 1. The largest absolute Gasteiger partial charge is 0.378 e. The highest BCUT2D eigenvalue weighted by molar-refractivity contribution is 7.89. The summed E-state index contributed by atoms with van der Waals surface area (Å²) in [5.74, 6) is 0.355. The molecule has 5 nitrogen and oxygen atoms in total. The highest BCUT2D eigenvalue weighted by Gasteiger charge is 2.14. The van der Waals surface area contributed by atoms with Crippen LogP contribution in [0.25, 0.3) is 0 Å². The third-order valence-electron chi connectivity index (χ3n) is 2.67. The first-order chi connectivity index (χ1) is 8.41. The first-order valence-electron chi connectivity index (χ1n) is 6.70. The predicted molar refractivity (Wildman–Crippen MR) is 74.9 cm³/mol. The van der Waals surface area contributed by atoms with Crippen LogP contribution in [0.15, 0.2) is 0 Å². The molecule has 6 heteroatoms. The fourth-order valence-electron chi connectivity index (χ4n) is 1.70. The number of rotatable bonds is 11. The molecule has 1 atom stereocenters. The number of hydrogen-bond donors (Lipinski definition) is 2. The Labute approximate surface area is 112 Å². The van der Waals surface area contributed by atoms with E-state index in [1.165, 1.54) is 0 Å². The van der Waals surface area contributed by atoms with Crippen molar-refractivity contribution in [2.45, 2.75) is 46.1 Å². The van der Waals surface area contributed by atoms with E-state index < -0.39 is 10.0 Å². The van der Waals surface area contributed by atoms with Crippen molar-refractivity contribution >= 4 is 10.0 Å². The van der Waals surface area contributed by atoms with Gasteiger partial charge in [-0.05, 0) is 39.2 Å². The second kappa shape index (κ2) is 9.72. The van der Waals surface area contributed by atoms with E-state index in [0.29, 0.717) is 19.0 Å². The molecule has 0 spiro atoms. The van der Waals surface area contributed by atoms with E-state index in [0.717, 1.165) is 19.3 Å². The summed E-state index contributed by atoms with van der Waals surface area (Å²) in [6.45, 7) is 7.19. The van der Waals surface area contributed by atoms with Crippen molar-refractivity contribution in [3.05, 3.63) is 0 Å². The summed E-state index contributed by atoms with van der Waals surface area (Å²) in [6.07, 6.45) is 2.97. The Hall–Kier alpha value is -0.170. The molecule has 0 aliphatic heterocycles. The van der Waals surface area contributed by atoms with Crippen LogP contribution in [-0.2, 0) is 14.8 Å². The van der Waals surface area contributed by atoms with E-state index in [1.54, 1.807) is 0 Å². The molecule has 0 aliphatic carbocycles. The fraction of sp³-hybridized carbons (Fsp3) is 1.00. The molecule has 0 aromatic rings. The van der Waals surface area contributed by atoms with Crippen molar-refractivity contribution in [2.75, 3.05) is 25.4 Å². The minimum Gasteiger partial charge on any atom is -0.378 e. The average molecular weight is 280 g/mol. The molecule has 0 radical (unpaired) electrons. The van der Waals surface area contributed by atoms with Gasteiger partial charge in [0, 0.05) is 6.54 Å². The van der Waals surface area contributed by atoms with Crippen molar-refractivity contribution in [3.8, 4) is 0 Å². The van der Waals surface area contributed by atoms with Gasteiger partial charge in [0.15, 0.2) is 0 Å². The van der Waals surface area contributed by atoms with Crippen molar-refractivity contribution < 1.29 is 13.2 Å². The van der Waals surface area contributed by atoms with Gasteiger partial charge in [-0.1, -0.05) is 13.3 Å². The van der Waals surface area contributed by atoms with Gasteiger partial charge in [-0.2, -0.15) is 0 Å². The van der Waals surface area contributed by atoms with Gasteiger partial charge in [0.2, 0.25) is 10.0 Å². The Morgan fingerprint density at radius 2 is 1.94 bits per heavy atom. The lowest BCUT2D eigenvalue weighted by Gasteiger charge is -2.16. The van der Waals surface area contributed by atoms with E-state index in [-0.39, 0.29) is 18.5 Å². The highest BCUT2D eigenvalue weighted by atomic mass is 32.2. The maximum Gasteiger partial charge on any atom is 0.213 e. The molecule has 0 saturated carbocycles. The van der Waals surface area contributed by atoms with Gasteiger partial charge in [-0.15, -0.1) is 0 Å². The molecule has 0 heterocycles. The summed E-state index contributed by atoms with van der Waals surface area (Å²) >= 11 is 0. The lowest BCUT2D eigenvalue weighted by Crippen LogP contribution is -2.33. The topological polar surface area (TPSA) is 81.4 Å². The summed E-state index contributed by atoms with van der Waals surface area (Å²) in [6, 6.07) is 0. The third kappa shape index (κ3) is 9.82. The molecule has 0 aromatic carbocycles. The van der Waals surface area contributed by atoms with Crippen molar-refractivity contribution in [1.29, 1.82) is 0 Å². The van der Waals surface area contributed by atoms with Gasteiger partial charge in [-0.3, -0.25) is 0 Å². The van der Waals surface area contributed by atoms with Crippen LogP contribution in [-0.4, -0.2) is 40.0 Å². The van der Waals surface area contributed by atoms with E-state index in [9.17, 15) is 8.42 Å². The van der Waals surface area contributed by atoms with Gasteiger partial charge >= 0.3 is 0 Å². The van der Waals surface area contributed by atoms with Crippen LogP contribution < -0.4 is 10.5 Å². The van der Waals surface area contributed by atoms with Gasteiger partial charge in [0.1, 0.15) is 0 Å². The van der Waals surface area contributed by atoms with Crippen molar-refractivity contribution in [3.63, 3.8) is 0 Å². The zero-order valence-electron chi connectivity index (χ0n) is 11.8. The Kier molecular flexibility index (Phi) is 9.63. The first kappa shape index (κ1) is 17.8. The lowest BCUT2D eigenvalue weighted by molar-refractivity contribution is 0.0911. The smallest absolute Gasteiger partial charge is 0.213 e. The molecule has 0 bridgehead atoms. The first-order valence-corrected chi connectivity index (χ1v) is 8.35. The number of hydrogen-bond acceptors (Lipinski definition) is 4. The van der Waals surface area contributed by atoms with Gasteiger partial charge in [0.25, 0.3) is 0 Å². The Balaban J connectivity index is 3.99. The molecule has 18 heavy (non-hydrogen) atoms. The van der Waals surface area contributed by atoms with E-state index in [2.05, 4.69) is 11.6 Å². The zero-order chi connectivity index (χ0) is 14.0. The third-order valence-corrected chi connectivity index (χ3v) is 3.98. The summed E-state index contributed by atoms with van der Waals surface area (Å²) in [5, 5.41) is 0. The molecule has 1 unspecified atom stereocenters. The van der Waals surface area contributed by atoms with Crippen LogP contribution in [0.4, 0.5) is 0 Å². The van der Waals surface area contributed by atoms with E-state index >= 15 is 0 Å². The highest BCUT2D eigenvalue weighted by Crippen LogP contribution is 2.09. The molecular formula is C12H28N2O3S. The molecule has 0 aromatic heterocycles. The second-order valence-electron chi connectivity index (χ2n) is 4.82. The fourth-order valence-corrected chi connectivity index (χ4v) is 2.65. The number of nitrogens with one attached hydrogen (secondary N) is 1. The molecular weight excluding hydrogens is 252 g/mol. The second-order valence-corrected chi connectivity index (χ2v) is 6.75. The van der Waals surface area contributed by atoms with E-state index in [4.69, 9.17) is 10.5 Å². The minimum atomic E-state index is -3.22. The molecule has 0 aliphatic rings. The summed E-state index contributed by atoms with van der Waals surface area (Å²) < 4.78 is 31.3. The maximum absolute atomic E-state index is 11.7. The Morgan fingerprint density at radius 1 is 1.28 bits per heavy atom. The normalized spacial score (nSPS) is 14.1. The van der Waals surface area contributed by atoms with E-state index in [1.807, 2.05) is 13.8 Å². The standard InChI is InChI=1S/C12H28N2O3S/c1-4-5-12(6-7-13)10-14-18(15,16)9-8-17-11(2)3/h11-12,14H,4-10,13H2,1-3H3. The number of nitrogens with two attached hydrogens (primary N) is 1. The summed E-state index contributed by atoms with van der Waals surface area (Å²) in [7, 11) is -3.22. The number of sulfonamides is 1. The summed E-state index contributed by atoms with van der Waals surface area (Å²) in [5.41, 5.74) is 5.52. The molecule has 0 amide bonds. The van der Waals surface area contributed by atoms with Crippen LogP contribution in [0.3, 0.4) is 0 Å². The van der Waals surface area contributed by atoms with Gasteiger partial charge in [-0.25, -0.2) is 13.1 Å². The maximum atomic E-state index is 11.7. The quantitative estimate of drug-likeness (QED) is 0.594. The Morgan fingerprint density at radius 3 is 2.44 bits per heavy atom. The van der Waals surface area contributed by atoms with Crippen LogP contribution >= 0.6 is 0 Å². The van der Waals surface area contributed by atoms with Crippen LogP contribution in [0.5, 0.6) is 0 Å². The van der Waals surface area contributed by atoms with Crippen LogP contribution in [0, 0.1) is 5.92 Å². The van der Waals surface area contributed by atoms with Gasteiger partial charge in [0.05, 0.1) is 18.5 Å². The van der Waals surface area contributed by atoms with Crippen molar-refractivity contribution in [1.82, 2.24) is 4.72 Å². The molecule has 3 N–H and O–H groups in total. The summed E-state index contributed by atoms with van der Waals surface area (Å²) in [4.78, 5) is 0. The predicted octanol–water partition coefficient (Wildman–Crippen LogP) is 1.10. The lowest BCUT2D eigenvalue weighted by atomic mass is 10.0. The molecule has 110 valence electrons. The SMILES string of the molecule is CCCC(CCN)CNS(=O)(=O)CCOC(C)C. The molecule has 0 saturated heterocycles. The van der Waals surface area contributed by atoms with Crippen LogP contribution in [0.2, 0.25) is 0 Å². The van der Waals surface area contributed by atoms with Crippen LogP contribution in [0.1, 0.15) is 40.0 Å². The van der Waals surface area contributed by atoms with Crippen molar-refractivity contribution in [2.24, 2.45) is 11.7 Å². The molecule has 0 rings (SSSR count). The zero-order valence-corrected chi connectivity index (χ0v) is 12.6.